The van der Waals surface area contributed by atoms with E-state index < -0.39 is 15.6 Å². The Balaban J connectivity index is 1.57. The first-order valence-corrected chi connectivity index (χ1v) is 16.3. The summed E-state index contributed by atoms with van der Waals surface area (Å²) in [6, 6.07) is 10.9. The van der Waals surface area contributed by atoms with Crippen molar-refractivity contribution in [2.75, 3.05) is 13.1 Å². The molecule has 2 fully saturated rings. The van der Waals surface area contributed by atoms with Gasteiger partial charge in [-0.1, -0.05) is 70.2 Å². The molecule has 8 heteroatoms. The monoisotopic (exact) mass is 565 g/mol. The summed E-state index contributed by atoms with van der Waals surface area (Å²) < 4.78 is 35.8. The molecule has 0 unspecified atom stereocenters. The summed E-state index contributed by atoms with van der Waals surface area (Å²) in [4.78, 5) is 20.4. The van der Waals surface area contributed by atoms with Gasteiger partial charge in [0.05, 0.1) is 10.6 Å². The Bertz CT molecular complexity index is 1480. The molecule has 216 valence electrons. The van der Waals surface area contributed by atoms with Gasteiger partial charge in [-0.25, -0.2) is 18.1 Å². The summed E-state index contributed by atoms with van der Waals surface area (Å²) in [6.45, 7) is 11.3. The Labute approximate surface area is 238 Å². The molecule has 0 radical (unpaired) electrons. The highest BCUT2D eigenvalue weighted by atomic mass is 32.2. The normalized spacial score (nSPS) is 18.2. The van der Waals surface area contributed by atoms with Crippen molar-refractivity contribution in [1.82, 2.24) is 14.6 Å². The number of carbonyl (C=O) groups is 1. The maximum Gasteiger partial charge on any atom is 0.309 e. The van der Waals surface area contributed by atoms with E-state index in [9.17, 15) is 13.2 Å². The van der Waals surface area contributed by atoms with Crippen molar-refractivity contribution >= 4 is 26.7 Å². The predicted molar refractivity (Wildman–Crippen MR) is 159 cm³/mol. The molecule has 1 aliphatic heterocycles. The number of hydrogen-bond acceptors (Lipinski definition) is 5. The maximum absolute atomic E-state index is 13.5. The van der Waals surface area contributed by atoms with E-state index in [2.05, 4.69) is 18.6 Å². The highest BCUT2D eigenvalue weighted by Gasteiger charge is 2.44. The van der Waals surface area contributed by atoms with Crippen LogP contribution in [-0.4, -0.2) is 42.8 Å². The van der Waals surface area contributed by atoms with E-state index >= 15 is 0 Å². The fraction of sp³-hybridized carbons (Fsp3) is 0.562. The number of rotatable bonds is 8. The first-order chi connectivity index (χ1) is 19.0. The number of benzene rings is 2. The van der Waals surface area contributed by atoms with Gasteiger partial charge in [-0.05, 0) is 63.5 Å². The number of carbonyl (C=O) groups excluding carboxylic acids is 1. The average molecular weight is 566 g/mol. The molecule has 2 heterocycles. The van der Waals surface area contributed by atoms with Gasteiger partial charge in [0.15, 0.2) is 5.76 Å². The van der Waals surface area contributed by atoms with Gasteiger partial charge in [-0.15, -0.1) is 0 Å². The minimum Gasteiger partial charge on any atom is -0.432 e. The molecule has 0 atom stereocenters. The molecular formula is C32H43N3O4S. The maximum atomic E-state index is 13.5. The fourth-order valence-corrected chi connectivity index (χ4v) is 7.99. The topological polar surface area (TPSA) is 92.5 Å². The van der Waals surface area contributed by atoms with Gasteiger partial charge in [0, 0.05) is 35.0 Å². The molecule has 1 amide bonds. The van der Waals surface area contributed by atoms with Crippen LogP contribution in [0.3, 0.4) is 0 Å². The smallest absolute Gasteiger partial charge is 0.309 e. The molecular weight excluding hydrogens is 522 g/mol. The fourth-order valence-electron chi connectivity index (χ4n) is 6.36. The zero-order chi connectivity index (χ0) is 28.7. The number of hydrogen-bond donors (Lipinski definition) is 1. The SMILES string of the molecule is CCC1(CC)CN(C(=O)c2nc(CC3CCCCC3)c(-c3ccc(S(=O)(=O)NC(C)(C)C)c4ccccc34)o2)C1. The number of likely N-dealkylation sites (tertiary alicyclic amines) is 1. The molecule has 1 aliphatic carbocycles. The minimum absolute atomic E-state index is 0.136. The van der Waals surface area contributed by atoms with Gasteiger partial charge in [0.25, 0.3) is 5.89 Å². The molecule has 1 aromatic heterocycles. The van der Waals surface area contributed by atoms with Crippen molar-refractivity contribution in [2.24, 2.45) is 11.3 Å². The molecule has 2 aliphatic rings. The quantitative estimate of drug-likeness (QED) is 0.319. The third-order valence-electron chi connectivity index (χ3n) is 8.79. The van der Waals surface area contributed by atoms with Crippen LogP contribution in [-0.2, 0) is 16.4 Å². The van der Waals surface area contributed by atoms with E-state index in [4.69, 9.17) is 9.40 Å². The lowest BCUT2D eigenvalue weighted by atomic mass is 9.75. The van der Waals surface area contributed by atoms with Crippen LogP contribution in [0, 0.1) is 11.3 Å². The summed E-state index contributed by atoms with van der Waals surface area (Å²) in [7, 11) is -3.76. The van der Waals surface area contributed by atoms with Crippen LogP contribution in [0.25, 0.3) is 22.1 Å². The molecule has 0 bridgehead atoms. The van der Waals surface area contributed by atoms with E-state index in [1.165, 1.54) is 19.3 Å². The van der Waals surface area contributed by atoms with Gasteiger partial charge >= 0.3 is 5.91 Å². The van der Waals surface area contributed by atoms with Crippen molar-refractivity contribution in [1.29, 1.82) is 0 Å². The third kappa shape index (κ3) is 5.70. The van der Waals surface area contributed by atoms with Crippen molar-refractivity contribution in [3.63, 3.8) is 0 Å². The van der Waals surface area contributed by atoms with Crippen LogP contribution >= 0.6 is 0 Å². The Morgan fingerprint density at radius 1 is 1.02 bits per heavy atom. The first-order valence-electron chi connectivity index (χ1n) is 14.8. The van der Waals surface area contributed by atoms with Gasteiger partial charge in [0.2, 0.25) is 10.0 Å². The number of oxazole rings is 1. The summed E-state index contributed by atoms with van der Waals surface area (Å²) >= 11 is 0. The number of aromatic nitrogens is 1. The van der Waals surface area contributed by atoms with Crippen LogP contribution in [0.2, 0.25) is 0 Å². The zero-order valence-corrected chi connectivity index (χ0v) is 25.4. The number of amides is 1. The van der Waals surface area contributed by atoms with Gasteiger partial charge < -0.3 is 9.32 Å². The Morgan fingerprint density at radius 2 is 1.68 bits per heavy atom. The molecule has 2 aromatic carbocycles. The number of sulfonamides is 1. The van der Waals surface area contributed by atoms with E-state index in [-0.39, 0.29) is 22.1 Å². The number of nitrogens with one attached hydrogen (secondary N) is 1. The van der Waals surface area contributed by atoms with Crippen LogP contribution in [0.15, 0.2) is 45.7 Å². The minimum atomic E-state index is -3.76. The molecule has 5 rings (SSSR count). The van der Waals surface area contributed by atoms with Crippen LogP contribution in [0.4, 0.5) is 0 Å². The van der Waals surface area contributed by atoms with E-state index in [1.807, 2.05) is 56.0 Å². The van der Waals surface area contributed by atoms with E-state index in [1.54, 1.807) is 6.07 Å². The molecule has 1 N–H and O–H groups in total. The summed E-state index contributed by atoms with van der Waals surface area (Å²) in [5, 5.41) is 1.38. The van der Waals surface area contributed by atoms with Crippen LogP contribution in [0.1, 0.15) is 95.9 Å². The number of nitrogens with zero attached hydrogens (tertiary/aromatic N) is 2. The predicted octanol–water partition coefficient (Wildman–Crippen LogP) is 6.96. The van der Waals surface area contributed by atoms with Gasteiger partial charge in [0.1, 0.15) is 0 Å². The molecule has 3 aromatic rings. The summed E-state index contributed by atoms with van der Waals surface area (Å²) in [6.07, 6.45) is 8.82. The van der Waals surface area contributed by atoms with E-state index in [0.29, 0.717) is 17.1 Å². The Kier molecular flexibility index (Phi) is 7.87. The van der Waals surface area contributed by atoms with Gasteiger partial charge in [-0.2, -0.15) is 0 Å². The highest BCUT2D eigenvalue weighted by molar-refractivity contribution is 7.89. The Hall–Kier alpha value is -2.71. The molecule has 7 nitrogen and oxygen atoms in total. The van der Waals surface area contributed by atoms with E-state index in [0.717, 1.165) is 61.8 Å². The van der Waals surface area contributed by atoms with Crippen molar-refractivity contribution < 1.29 is 17.6 Å². The largest absolute Gasteiger partial charge is 0.432 e. The van der Waals surface area contributed by atoms with Crippen molar-refractivity contribution in [3.05, 3.63) is 48.0 Å². The lowest BCUT2D eigenvalue weighted by Crippen LogP contribution is -2.57. The highest BCUT2D eigenvalue weighted by Crippen LogP contribution is 2.40. The van der Waals surface area contributed by atoms with Gasteiger partial charge in [-0.3, -0.25) is 4.79 Å². The second kappa shape index (κ2) is 10.9. The molecule has 0 spiro atoms. The molecule has 1 saturated heterocycles. The second-order valence-electron chi connectivity index (χ2n) is 12.9. The lowest BCUT2D eigenvalue weighted by molar-refractivity contribution is -0.00139. The van der Waals surface area contributed by atoms with Crippen molar-refractivity contribution in [2.45, 2.75) is 96.4 Å². The summed E-state index contributed by atoms with van der Waals surface area (Å²) in [5.74, 6) is 1.05. The standard InChI is InChI=1S/C32H43N3O4S/c1-6-32(7-2)20-35(21-32)30(36)29-33-26(19-22-13-9-8-10-14-22)28(39-29)25-17-18-27(24-16-12-11-15-23(24)25)40(37,38)34-31(3,4)5/h11-12,15-18,22,34H,6-10,13-14,19-21H2,1-5H3. The van der Waals surface area contributed by atoms with Crippen LogP contribution in [0.5, 0.6) is 0 Å². The molecule has 1 saturated carbocycles. The molecule has 40 heavy (non-hydrogen) atoms. The summed E-state index contributed by atoms with van der Waals surface area (Å²) in [5.41, 5.74) is 1.13. The average Bonchev–Trinajstić information content (AvgIpc) is 3.30. The van der Waals surface area contributed by atoms with Crippen molar-refractivity contribution in [3.8, 4) is 11.3 Å². The number of fused-ring (bicyclic) bond motifs is 1. The lowest BCUT2D eigenvalue weighted by Gasteiger charge is -2.49. The third-order valence-corrected chi connectivity index (χ3v) is 10.6. The Morgan fingerprint density at radius 3 is 2.30 bits per heavy atom. The second-order valence-corrected chi connectivity index (χ2v) is 14.5. The zero-order valence-electron chi connectivity index (χ0n) is 24.5. The first kappa shape index (κ1) is 28.8. The van der Waals surface area contributed by atoms with Crippen LogP contribution < -0.4 is 4.72 Å².